The second-order valence-corrected chi connectivity index (χ2v) is 2.65. The maximum atomic E-state index is 4.87. The summed E-state index contributed by atoms with van der Waals surface area (Å²) in [6.45, 7) is 2.19. The van der Waals surface area contributed by atoms with Crippen LogP contribution in [0.3, 0.4) is 0 Å². The van der Waals surface area contributed by atoms with Gasteiger partial charge in [-0.05, 0) is 12.6 Å². The summed E-state index contributed by atoms with van der Waals surface area (Å²) in [5.74, 6) is 0. The van der Waals surface area contributed by atoms with Gasteiger partial charge in [0, 0.05) is 15.9 Å². The van der Waals surface area contributed by atoms with E-state index < -0.39 is 0 Å². The van der Waals surface area contributed by atoms with Crippen LogP contribution in [-0.4, -0.2) is 13.3 Å². The minimum Gasteiger partial charge on any atom is -0.366 e. The molecule has 0 radical (unpaired) electrons. The molecule has 1 unspecified atom stereocenters. The van der Waals surface area contributed by atoms with Gasteiger partial charge in [0.25, 0.3) is 0 Å². The zero-order valence-electron chi connectivity index (χ0n) is 5.03. The highest BCUT2D eigenvalue weighted by molar-refractivity contribution is 7.32. The third kappa shape index (κ3) is 6.39. The average molecular weight is 120 g/mol. The van der Waals surface area contributed by atoms with Gasteiger partial charge in [-0.15, -0.1) is 0 Å². The summed E-state index contributed by atoms with van der Waals surface area (Å²) in [6, 6.07) is 0. The maximum Gasteiger partial charge on any atom is 0.0394 e. The van der Waals surface area contributed by atoms with E-state index >= 15 is 0 Å². The Morgan fingerprint density at radius 3 is 2.71 bits per heavy atom. The summed E-state index contributed by atoms with van der Waals surface area (Å²) in [7, 11) is 2.48. The predicted octanol–water partition coefficient (Wildman–Crippen LogP) is 2.03. The molecule has 0 rings (SSSR count). The number of hydrogen-bond donors (Lipinski definition) is 0. The fourth-order valence-corrected chi connectivity index (χ4v) is 1.05. The molecule has 0 aromatic rings. The Hall–Kier alpha value is 0.390. The summed E-state index contributed by atoms with van der Waals surface area (Å²) in [5, 5.41) is 0. The van der Waals surface area contributed by atoms with Crippen molar-refractivity contribution >= 4 is 8.81 Å². The number of hydrogen-bond acceptors (Lipinski definition) is 1. The molecule has 0 saturated heterocycles. The average Bonchev–Trinajstić information content (AvgIpc) is 1.69. The molecule has 0 aliphatic rings. The van der Waals surface area contributed by atoms with Crippen molar-refractivity contribution in [2.75, 3.05) is 13.3 Å². The van der Waals surface area contributed by atoms with Crippen LogP contribution in [0.2, 0.25) is 0 Å². The molecule has 0 aromatic heterocycles. The third-order valence-corrected chi connectivity index (χ3v) is 1.62. The molecule has 0 N–H and O–H groups in total. The molecule has 0 bridgehead atoms. The topological polar surface area (TPSA) is 9.23 Å². The van der Waals surface area contributed by atoms with Crippen LogP contribution in [0, 0.1) is 0 Å². The predicted molar refractivity (Wildman–Crippen MR) is 35.1 cm³/mol. The lowest BCUT2D eigenvalue weighted by Gasteiger charge is -1.92. The van der Waals surface area contributed by atoms with Gasteiger partial charge in [-0.2, -0.15) is 0 Å². The molecule has 0 amide bonds. The molecule has 1 nitrogen and oxygen atoms in total. The van der Waals surface area contributed by atoms with Crippen molar-refractivity contribution in [1.29, 1.82) is 0 Å². The zero-order chi connectivity index (χ0) is 5.54. The van der Waals surface area contributed by atoms with Gasteiger partial charge >= 0.3 is 0 Å². The molecule has 0 heterocycles. The van der Waals surface area contributed by atoms with Crippen LogP contribution in [0.25, 0.3) is 0 Å². The van der Waals surface area contributed by atoms with Crippen molar-refractivity contribution in [2.45, 2.75) is 19.8 Å². The van der Waals surface area contributed by atoms with Crippen molar-refractivity contribution in [3.05, 3.63) is 0 Å². The second kappa shape index (κ2) is 6.39. The molecular weight excluding hydrogens is 107 g/mol. The van der Waals surface area contributed by atoms with Crippen molar-refractivity contribution in [2.24, 2.45) is 0 Å². The van der Waals surface area contributed by atoms with E-state index in [0.717, 1.165) is 8.81 Å². The van der Waals surface area contributed by atoms with E-state index in [1.165, 1.54) is 19.0 Å². The van der Waals surface area contributed by atoms with E-state index in [-0.39, 0.29) is 0 Å². The first-order valence-electron chi connectivity index (χ1n) is 2.67. The minimum absolute atomic E-state index is 0.722. The fourth-order valence-electron chi connectivity index (χ4n) is 0.351. The quantitative estimate of drug-likeness (QED) is 0.407. The normalized spacial score (nSPS) is 11.1. The molecule has 0 aliphatic heterocycles. The van der Waals surface area contributed by atoms with E-state index in [1.54, 1.807) is 7.11 Å². The lowest BCUT2D eigenvalue weighted by molar-refractivity contribution is 0.474. The molecule has 0 aliphatic carbocycles. The monoisotopic (exact) mass is 120 g/mol. The Bertz CT molecular complexity index is 27.3. The van der Waals surface area contributed by atoms with Gasteiger partial charge in [-0.3, -0.25) is 0 Å². The molecule has 7 heavy (non-hydrogen) atoms. The smallest absolute Gasteiger partial charge is 0.0394 e. The Labute approximate surface area is 47.3 Å². The third-order valence-electron chi connectivity index (χ3n) is 0.777. The highest BCUT2D eigenvalue weighted by Gasteiger charge is 1.79. The van der Waals surface area contributed by atoms with Gasteiger partial charge in [-0.1, -0.05) is 13.3 Å². The van der Waals surface area contributed by atoms with Gasteiger partial charge in [-0.25, -0.2) is 0 Å². The summed E-state index contributed by atoms with van der Waals surface area (Å²) in [4.78, 5) is 0. The van der Waals surface area contributed by atoms with E-state index in [4.69, 9.17) is 4.52 Å². The summed E-state index contributed by atoms with van der Waals surface area (Å²) >= 11 is 0. The number of unbranched alkanes of at least 4 members (excludes halogenated alkanes) is 1. The first-order valence-corrected chi connectivity index (χ1v) is 3.79. The summed E-state index contributed by atoms with van der Waals surface area (Å²) in [6.07, 6.45) is 3.84. The first-order chi connectivity index (χ1) is 3.41. The largest absolute Gasteiger partial charge is 0.366 e. The fraction of sp³-hybridized carbons (Fsp3) is 1.00. The van der Waals surface area contributed by atoms with Gasteiger partial charge in [0.15, 0.2) is 0 Å². The molecular formula is C5H13OP. The molecule has 1 atom stereocenters. The van der Waals surface area contributed by atoms with E-state index in [1.807, 2.05) is 0 Å². The molecule has 44 valence electrons. The highest BCUT2D eigenvalue weighted by atomic mass is 31.1. The zero-order valence-corrected chi connectivity index (χ0v) is 6.03. The van der Waals surface area contributed by atoms with E-state index in [2.05, 4.69) is 6.92 Å². The van der Waals surface area contributed by atoms with Crippen LogP contribution >= 0.6 is 8.81 Å². The Balaban J connectivity index is 2.45. The van der Waals surface area contributed by atoms with Crippen LogP contribution < -0.4 is 0 Å². The van der Waals surface area contributed by atoms with Gasteiger partial charge < -0.3 is 4.52 Å². The standard InChI is InChI=1S/C5H13OP/c1-3-4-5-7-6-2/h7H,3-5H2,1-2H3. The van der Waals surface area contributed by atoms with Crippen molar-refractivity contribution in [3.8, 4) is 0 Å². The molecule has 0 fully saturated rings. The molecule has 0 aromatic carbocycles. The SMILES string of the molecule is CCCCPOC. The molecule has 0 saturated carbocycles. The van der Waals surface area contributed by atoms with Crippen LogP contribution in [-0.2, 0) is 4.52 Å². The highest BCUT2D eigenvalue weighted by Crippen LogP contribution is 2.10. The van der Waals surface area contributed by atoms with E-state index in [9.17, 15) is 0 Å². The van der Waals surface area contributed by atoms with Crippen LogP contribution in [0.1, 0.15) is 19.8 Å². The van der Waals surface area contributed by atoms with E-state index in [0.29, 0.717) is 0 Å². The van der Waals surface area contributed by atoms with Crippen LogP contribution in [0.15, 0.2) is 0 Å². The van der Waals surface area contributed by atoms with Gasteiger partial charge in [0.2, 0.25) is 0 Å². The Morgan fingerprint density at radius 2 is 2.29 bits per heavy atom. The Kier molecular flexibility index (Phi) is 6.75. The molecule has 0 spiro atoms. The van der Waals surface area contributed by atoms with Crippen molar-refractivity contribution in [1.82, 2.24) is 0 Å². The van der Waals surface area contributed by atoms with Crippen LogP contribution in [0.4, 0.5) is 0 Å². The maximum absolute atomic E-state index is 4.87. The lowest BCUT2D eigenvalue weighted by Crippen LogP contribution is -1.72. The Morgan fingerprint density at radius 1 is 1.57 bits per heavy atom. The van der Waals surface area contributed by atoms with Crippen molar-refractivity contribution < 1.29 is 4.52 Å². The van der Waals surface area contributed by atoms with Crippen LogP contribution in [0.5, 0.6) is 0 Å². The van der Waals surface area contributed by atoms with Gasteiger partial charge in [0.1, 0.15) is 0 Å². The summed E-state index contributed by atoms with van der Waals surface area (Å²) < 4.78 is 4.87. The molecule has 2 heteroatoms. The lowest BCUT2D eigenvalue weighted by atomic mass is 10.4. The first kappa shape index (κ1) is 7.39. The minimum atomic E-state index is 0.722. The number of rotatable bonds is 4. The van der Waals surface area contributed by atoms with Crippen molar-refractivity contribution in [3.63, 3.8) is 0 Å². The second-order valence-electron chi connectivity index (χ2n) is 1.45. The van der Waals surface area contributed by atoms with Gasteiger partial charge in [0.05, 0.1) is 0 Å². The summed E-state index contributed by atoms with van der Waals surface area (Å²) in [5.41, 5.74) is 0.